The maximum Gasteiger partial charge on any atom is 0.492 e. The van der Waals surface area contributed by atoms with Gasteiger partial charge in [0.25, 0.3) is 0 Å². The van der Waals surface area contributed by atoms with Crippen molar-refractivity contribution in [1.82, 2.24) is 34.1 Å². The first-order valence-corrected chi connectivity index (χ1v) is 25.6. The molecule has 74 heavy (non-hydrogen) atoms. The van der Waals surface area contributed by atoms with E-state index in [-0.39, 0.29) is 17.2 Å². The number of hydrogen-bond acceptors (Lipinski definition) is 11. The van der Waals surface area contributed by atoms with Crippen molar-refractivity contribution in [2.45, 2.75) is 104 Å². The van der Waals surface area contributed by atoms with Crippen LogP contribution in [0, 0.1) is 0 Å². The molecule has 6 rings (SSSR count). The van der Waals surface area contributed by atoms with Gasteiger partial charge in [0.2, 0.25) is 12.8 Å². The number of carbonyl (C=O) groups is 3. The van der Waals surface area contributed by atoms with Gasteiger partial charge in [-0.15, -0.1) is 18.3 Å². The Bertz CT molecular complexity index is 2470. The minimum absolute atomic E-state index is 0.0720. The Morgan fingerprint density at radius 1 is 0.811 bits per heavy atom. The molecule has 0 radical (unpaired) electrons. The number of alkyl halides is 3. The molecule has 0 bridgehead atoms. The van der Waals surface area contributed by atoms with Crippen LogP contribution in [-0.2, 0) is 53.1 Å². The van der Waals surface area contributed by atoms with E-state index in [2.05, 4.69) is 93.8 Å². The van der Waals surface area contributed by atoms with Crippen molar-refractivity contribution >= 4 is 37.8 Å². The molecule has 1 atom stereocenters. The van der Waals surface area contributed by atoms with E-state index < -0.39 is 12.0 Å². The number of likely N-dealkylation sites (tertiary alicyclic amines) is 1. The van der Waals surface area contributed by atoms with E-state index in [0.717, 1.165) is 105 Å². The van der Waals surface area contributed by atoms with Gasteiger partial charge >= 0.3 is 12.0 Å². The number of benzene rings is 3. The van der Waals surface area contributed by atoms with E-state index in [1.165, 1.54) is 29.3 Å². The predicted octanol–water partition coefficient (Wildman–Crippen LogP) is 8.25. The van der Waals surface area contributed by atoms with E-state index in [1.807, 2.05) is 37.9 Å². The van der Waals surface area contributed by atoms with Gasteiger partial charge in [-0.05, 0) is 110 Å². The average molecular weight is 1030 g/mol. The van der Waals surface area contributed by atoms with Gasteiger partial charge < -0.3 is 19.9 Å². The zero-order valence-corrected chi connectivity index (χ0v) is 44.1. The Labute approximate surface area is 435 Å². The van der Waals surface area contributed by atoms with E-state index in [4.69, 9.17) is 14.3 Å². The molecule has 4 aromatic rings. The smallest absolute Gasteiger partial charge is 0.378 e. The third kappa shape index (κ3) is 19.8. The summed E-state index contributed by atoms with van der Waals surface area (Å²) in [6.07, 6.45) is 5.73. The standard InChI is InChI=1S/C52H68F3N9O3.C2H3NO2.C2H6/c1-6-10-41(2)59(5)38-47-34-48(19-18-46(47)39-65)62-30-28-61(29-31-62)35-44-16-14-42(15-17-44)23-32-67-50-21-26-60(27-22-50)36-45-11-7-8-24-63(51(66)64(37-45)52(53,54)55)49-13-9-12-43(33-49)20-25-58(4)40-57-56-3;4-1-3-2-5;1-2/h7-9,11-19,24,33-34,37,39-41,50H,3,6,10,20-23,25-32,35-36,38H2,1-2,4-5H3;1-2H,(H,3,4,5);1-2H3/b11-7?,24-8?,45-37?,57-40-;;. The average Bonchev–Trinajstić information content (AvgIpc) is 3.48. The molecule has 3 heterocycles. The lowest BCUT2D eigenvalue weighted by Crippen LogP contribution is -2.46. The first-order chi connectivity index (χ1) is 35.7. The first-order valence-electron chi connectivity index (χ1n) is 25.6. The molecular weight excluding hydrogens is 950 g/mol. The maximum absolute atomic E-state index is 14.5. The van der Waals surface area contributed by atoms with Crippen LogP contribution in [-0.4, -0.2) is 140 Å². The number of aldehydes is 1. The van der Waals surface area contributed by atoms with Crippen LogP contribution in [0.5, 0.6) is 0 Å². The number of hydrogen-bond donors (Lipinski definition) is 1. The molecule has 1 N–H and O–H groups in total. The van der Waals surface area contributed by atoms with Gasteiger partial charge in [0.15, 0.2) is 0 Å². The molecule has 18 heteroatoms. The number of piperidine rings is 1. The Morgan fingerprint density at radius 3 is 2.11 bits per heavy atom. The van der Waals surface area contributed by atoms with Crippen molar-refractivity contribution in [3.05, 3.63) is 141 Å². The second kappa shape index (κ2) is 32.0. The van der Waals surface area contributed by atoms with Crippen LogP contribution < -0.4 is 15.9 Å². The summed E-state index contributed by atoms with van der Waals surface area (Å²) < 4.78 is 50.8. The van der Waals surface area contributed by atoms with E-state index in [0.29, 0.717) is 62.8 Å². The fraction of sp³-hybridized carbons (Fsp3) is 0.464. The number of anilines is 1. The van der Waals surface area contributed by atoms with Gasteiger partial charge in [0.1, 0.15) is 12.6 Å². The SMILES string of the molecule is C=N/N=C\N(C)CCc1cccc(-n2ccccc(CN3CCC(OCCc4ccc(CN5CCN(c6ccc(C=O)c(CN(C)C(C)CCC)c6)CC5)cc4)CC3)cn(C(F)(F)F)c2=O)c1.CC.O=CNC=O. The number of nitrogens with one attached hydrogen (secondary N) is 1. The number of ether oxygens (including phenoxy) is 1. The molecule has 2 aliphatic rings. The zero-order valence-electron chi connectivity index (χ0n) is 44.1. The summed E-state index contributed by atoms with van der Waals surface area (Å²) in [6, 6.07) is 27.3. The number of rotatable bonds is 23. The highest BCUT2D eigenvalue weighted by Crippen LogP contribution is 2.25. The quantitative estimate of drug-likeness (QED) is 0.0335. The van der Waals surface area contributed by atoms with Crippen LogP contribution in [0.15, 0.2) is 112 Å². The minimum atomic E-state index is -4.94. The molecule has 402 valence electrons. The van der Waals surface area contributed by atoms with Crippen molar-refractivity contribution in [2.24, 2.45) is 10.2 Å². The van der Waals surface area contributed by atoms with Crippen LogP contribution in [0.1, 0.15) is 91.6 Å². The Hall–Kier alpha value is -6.47. The molecule has 0 spiro atoms. The van der Waals surface area contributed by atoms with Gasteiger partial charge in [0.05, 0.1) is 18.4 Å². The summed E-state index contributed by atoms with van der Waals surface area (Å²) in [6.45, 7) is 20.0. The number of aromatic nitrogens is 2. The number of amides is 2. The summed E-state index contributed by atoms with van der Waals surface area (Å²) in [5.74, 6) is 0. The van der Waals surface area contributed by atoms with Crippen molar-refractivity contribution < 1.29 is 32.3 Å². The van der Waals surface area contributed by atoms with Crippen molar-refractivity contribution in [3.8, 4) is 5.69 Å². The molecular formula is C56H77F3N10O5. The van der Waals surface area contributed by atoms with Crippen molar-refractivity contribution in [3.63, 3.8) is 0 Å². The van der Waals surface area contributed by atoms with Gasteiger partial charge in [-0.3, -0.25) is 33.7 Å². The molecule has 3 aromatic carbocycles. The van der Waals surface area contributed by atoms with Crippen LogP contribution in [0.4, 0.5) is 18.9 Å². The van der Waals surface area contributed by atoms with Crippen molar-refractivity contribution in [1.29, 1.82) is 0 Å². The van der Waals surface area contributed by atoms with Gasteiger partial charge in [0, 0.05) is 109 Å². The Morgan fingerprint density at radius 2 is 1.47 bits per heavy atom. The van der Waals surface area contributed by atoms with Gasteiger partial charge in [-0.25, -0.2) is 9.36 Å². The maximum atomic E-state index is 14.5. The van der Waals surface area contributed by atoms with Gasteiger partial charge in [-0.1, -0.05) is 75.7 Å². The number of likely N-dealkylation sites (N-methyl/N-ethyl adjacent to an activating group) is 1. The third-order valence-corrected chi connectivity index (χ3v) is 13.0. The predicted molar refractivity (Wildman–Crippen MR) is 289 cm³/mol. The first kappa shape index (κ1) is 60.1. The van der Waals surface area contributed by atoms with Crippen LogP contribution in [0.3, 0.4) is 0 Å². The second-order valence-electron chi connectivity index (χ2n) is 18.3. The Balaban J connectivity index is 0.00000160. The fourth-order valence-electron chi connectivity index (χ4n) is 8.78. The Kier molecular flexibility index (Phi) is 26.0. The highest BCUT2D eigenvalue weighted by molar-refractivity contribution is 5.78. The summed E-state index contributed by atoms with van der Waals surface area (Å²) in [4.78, 5) is 54.8. The lowest BCUT2D eigenvalue weighted by Gasteiger charge is -2.36. The second-order valence-corrected chi connectivity index (χ2v) is 18.3. The zero-order chi connectivity index (χ0) is 53.9. The lowest BCUT2D eigenvalue weighted by atomic mass is 10.0. The molecule has 2 amide bonds. The van der Waals surface area contributed by atoms with Gasteiger partial charge in [-0.2, -0.15) is 5.10 Å². The molecule has 0 aliphatic carbocycles. The summed E-state index contributed by atoms with van der Waals surface area (Å²) in [5, 5.41) is 8.97. The lowest BCUT2D eigenvalue weighted by molar-refractivity contribution is -0.207. The fourth-order valence-corrected chi connectivity index (χ4v) is 8.78. The molecule has 15 nitrogen and oxygen atoms in total. The van der Waals surface area contributed by atoms with E-state index in [1.54, 1.807) is 41.7 Å². The summed E-state index contributed by atoms with van der Waals surface area (Å²) in [5.41, 5.74) is 5.86. The minimum Gasteiger partial charge on any atom is -0.378 e. The molecule has 0 saturated carbocycles. The van der Waals surface area contributed by atoms with Crippen LogP contribution in [0.2, 0.25) is 0 Å². The molecule has 1 aromatic heterocycles. The normalized spacial score (nSPS) is 14.8. The number of piperazine rings is 1. The topological polar surface area (TPSA) is 140 Å². The highest BCUT2D eigenvalue weighted by Gasteiger charge is 2.33. The number of imide groups is 1. The van der Waals surface area contributed by atoms with E-state index in [9.17, 15) is 22.8 Å². The highest BCUT2D eigenvalue weighted by atomic mass is 19.4. The monoisotopic (exact) mass is 1030 g/mol. The summed E-state index contributed by atoms with van der Waals surface area (Å²) in [7, 11) is 3.97. The summed E-state index contributed by atoms with van der Waals surface area (Å²) >= 11 is 0. The molecule has 2 saturated heterocycles. The number of nitrogens with zero attached hydrogens (tertiary/aromatic N) is 9. The molecule has 1 unspecified atom stereocenters. The van der Waals surface area contributed by atoms with E-state index >= 15 is 0 Å². The molecule has 2 aliphatic heterocycles. The number of carbonyl (C=O) groups excluding carboxylic acids is 3. The van der Waals surface area contributed by atoms with Crippen LogP contribution in [0.25, 0.3) is 5.69 Å². The van der Waals surface area contributed by atoms with Crippen LogP contribution >= 0.6 is 0 Å². The molecule has 2 fully saturated rings. The van der Waals surface area contributed by atoms with Crippen molar-refractivity contribution in [2.75, 3.05) is 71.4 Å². The number of halogens is 3. The third-order valence-electron chi connectivity index (χ3n) is 13.0. The largest absolute Gasteiger partial charge is 0.492 e.